The van der Waals surface area contributed by atoms with Crippen LogP contribution in [0.25, 0.3) is 0 Å². The fourth-order valence-electron chi connectivity index (χ4n) is 1.71. The molecule has 1 N–H and O–H groups in total. The standard InChI is InChI=1S/C14H11BrClF2N/c1-8-5-10(15)12(17)6-13(8)19-7-9-3-2-4-11(16)14(9)18/h2-6,19H,7H2,1H3. The highest BCUT2D eigenvalue weighted by molar-refractivity contribution is 9.10. The van der Waals surface area contributed by atoms with Gasteiger partial charge in [-0.2, -0.15) is 0 Å². The molecule has 0 bridgehead atoms. The first kappa shape index (κ1) is 14.3. The van der Waals surface area contributed by atoms with Crippen molar-refractivity contribution in [1.82, 2.24) is 0 Å². The van der Waals surface area contributed by atoms with Crippen LogP contribution in [0, 0.1) is 18.6 Å². The van der Waals surface area contributed by atoms with E-state index < -0.39 is 5.82 Å². The lowest BCUT2D eigenvalue weighted by atomic mass is 10.1. The highest BCUT2D eigenvalue weighted by atomic mass is 79.9. The Morgan fingerprint density at radius 2 is 2.00 bits per heavy atom. The molecule has 0 saturated carbocycles. The summed E-state index contributed by atoms with van der Waals surface area (Å²) >= 11 is 8.82. The van der Waals surface area contributed by atoms with Gasteiger partial charge in [0.05, 0.1) is 9.50 Å². The van der Waals surface area contributed by atoms with E-state index >= 15 is 0 Å². The third-order valence-electron chi connectivity index (χ3n) is 2.77. The molecule has 0 aromatic heterocycles. The number of benzene rings is 2. The Hall–Kier alpha value is -1.13. The van der Waals surface area contributed by atoms with Crippen molar-refractivity contribution in [2.45, 2.75) is 13.5 Å². The Labute approximate surface area is 123 Å². The zero-order valence-electron chi connectivity index (χ0n) is 10.1. The zero-order valence-corrected chi connectivity index (χ0v) is 12.4. The number of hydrogen-bond donors (Lipinski definition) is 1. The Morgan fingerprint density at radius 1 is 1.26 bits per heavy atom. The largest absolute Gasteiger partial charge is 0.381 e. The molecule has 2 aromatic rings. The van der Waals surface area contributed by atoms with Gasteiger partial charge in [-0.25, -0.2) is 8.78 Å². The number of nitrogens with one attached hydrogen (secondary N) is 1. The van der Waals surface area contributed by atoms with E-state index in [0.29, 0.717) is 15.7 Å². The van der Waals surface area contributed by atoms with Gasteiger partial charge in [0.25, 0.3) is 0 Å². The van der Waals surface area contributed by atoms with Crippen LogP contribution in [0.4, 0.5) is 14.5 Å². The molecule has 0 unspecified atom stereocenters. The molecule has 0 spiro atoms. The predicted octanol–water partition coefficient (Wildman–Crippen LogP) is 5.30. The minimum absolute atomic E-state index is 0.0815. The summed E-state index contributed by atoms with van der Waals surface area (Å²) in [5.41, 5.74) is 1.94. The molecule has 2 rings (SSSR count). The number of anilines is 1. The molecule has 1 nitrogen and oxygen atoms in total. The smallest absolute Gasteiger partial charge is 0.146 e. The van der Waals surface area contributed by atoms with Gasteiger partial charge in [-0.15, -0.1) is 0 Å². The maximum Gasteiger partial charge on any atom is 0.146 e. The fraction of sp³-hybridized carbons (Fsp3) is 0.143. The Kier molecular flexibility index (Phi) is 4.42. The van der Waals surface area contributed by atoms with E-state index in [-0.39, 0.29) is 17.4 Å². The lowest BCUT2D eigenvalue weighted by molar-refractivity contribution is 0.613. The van der Waals surface area contributed by atoms with Gasteiger partial charge in [0, 0.05) is 17.8 Å². The van der Waals surface area contributed by atoms with Crippen molar-refractivity contribution < 1.29 is 8.78 Å². The summed E-state index contributed by atoms with van der Waals surface area (Å²) in [4.78, 5) is 0. The second-order valence-corrected chi connectivity index (χ2v) is 5.41. The molecule has 0 aliphatic rings. The summed E-state index contributed by atoms with van der Waals surface area (Å²) in [6.45, 7) is 2.09. The highest BCUT2D eigenvalue weighted by Crippen LogP contribution is 2.25. The van der Waals surface area contributed by atoms with E-state index in [1.807, 2.05) is 6.92 Å². The first-order chi connectivity index (χ1) is 8.99. The van der Waals surface area contributed by atoms with E-state index in [0.717, 1.165) is 5.56 Å². The molecule has 0 amide bonds. The SMILES string of the molecule is Cc1cc(Br)c(F)cc1NCc1cccc(Cl)c1F. The summed E-state index contributed by atoms with van der Waals surface area (Å²) in [5.74, 6) is -0.813. The third-order valence-corrected chi connectivity index (χ3v) is 3.67. The number of hydrogen-bond acceptors (Lipinski definition) is 1. The van der Waals surface area contributed by atoms with Gasteiger partial charge in [-0.05, 0) is 46.6 Å². The normalized spacial score (nSPS) is 10.6. The van der Waals surface area contributed by atoms with Crippen molar-refractivity contribution in [1.29, 1.82) is 0 Å². The van der Waals surface area contributed by atoms with Gasteiger partial charge in [-0.1, -0.05) is 23.7 Å². The van der Waals surface area contributed by atoms with Crippen LogP contribution in [0.2, 0.25) is 5.02 Å². The van der Waals surface area contributed by atoms with Crippen molar-refractivity contribution in [2.75, 3.05) is 5.32 Å². The molecule has 0 aliphatic heterocycles. The minimum Gasteiger partial charge on any atom is -0.381 e. The summed E-state index contributed by atoms with van der Waals surface area (Å²) in [6.07, 6.45) is 0. The third kappa shape index (κ3) is 3.25. The second-order valence-electron chi connectivity index (χ2n) is 4.15. The van der Waals surface area contributed by atoms with Crippen molar-refractivity contribution in [2.24, 2.45) is 0 Å². The number of aryl methyl sites for hydroxylation is 1. The molecule has 19 heavy (non-hydrogen) atoms. The van der Waals surface area contributed by atoms with Gasteiger partial charge in [0.15, 0.2) is 0 Å². The van der Waals surface area contributed by atoms with Gasteiger partial charge in [0.2, 0.25) is 0 Å². The van der Waals surface area contributed by atoms with E-state index in [2.05, 4.69) is 21.2 Å². The average Bonchev–Trinajstić information content (AvgIpc) is 2.37. The van der Waals surface area contributed by atoms with Gasteiger partial charge < -0.3 is 5.32 Å². The lowest BCUT2D eigenvalue weighted by Gasteiger charge is -2.11. The van der Waals surface area contributed by atoms with Crippen LogP contribution in [-0.4, -0.2) is 0 Å². The highest BCUT2D eigenvalue weighted by Gasteiger charge is 2.08. The van der Waals surface area contributed by atoms with Crippen molar-refractivity contribution in [3.8, 4) is 0 Å². The lowest BCUT2D eigenvalue weighted by Crippen LogP contribution is -2.04. The molecule has 0 saturated heterocycles. The summed E-state index contributed by atoms with van der Waals surface area (Å²) in [5, 5.41) is 3.09. The molecule has 5 heteroatoms. The quantitative estimate of drug-likeness (QED) is 0.795. The molecule has 0 fully saturated rings. The van der Waals surface area contributed by atoms with Crippen LogP contribution in [0.5, 0.6) is 0 Å². The number of rotatable bonds is 3. The molecule has 0 heterocycles. The van der Waals surface area contributed by atoms with Crippen molar-refractivity contribution in [3.63, 3.8) is 0 Å². The molecule has 2 aromatic carbocycles. The van der Waals surface area contributed by atoms with Crippen LogP contribution in [-0.2, 0) is 6.54 Å². The van der Waals surface area contributed by atoms with Gasteiger partial charge >= 0.3 is 0 Å². The topological polar surface area (TPSA) is 12.0 Å². The van der Waals surface area contributed by atoms with E-state index in [1.165, 1.54) is 12.1 Å². The predicted molar refractivity (Wildman–Crippen MR) is 77.6 cm³/mol. The van der Waals surface area contributed by atoms with Crippen molar-refractivity contribution >= 4 is 33.2 Å². The molecule has 0 aliphatic carbocycles. The summed E-state index contributed by atoms with van der Waals surface area (Å²) in [7, 11) is 0. The second kappa shape index (κ2) is 5.88. The first-order valence-electron chi connectivity index (χ1n) is 5.61. The summed E-state index contributed by atoms with van der Waals surface area (Å²) < 4.78 is 27.5. The van der Waals surface area contributed by atoms with Crippen LogP contribution in [0.1, 0.15) is 11.1 Å². The monoisotopic (exact) mass is 345 g/mol. The summed E-state index contributed by atoms with van der Waals surface area (Å²) in [6, 6.07) is 7.86. The Bertz CT molecular complexity index is 617. The Balaban J connectivity index is 2.19. The molecule has 0 atom stereocenters. The van der Waals surface area contributed by atoms with Gasteiger partial charge in [0.1, 0.15) is 11.6 Å². The van der Waals surface area contributed by atoms with E-state index in [9.17, 15) is 8.78 Å². The maximum absolute atomic E-state index is 13.7. The molecular formula is C14H11BrClF2N. The van der Waals surface area contributed by atoms with Crippen LogP contribution in [0.3, 0.4) is 0 Å². The molecular weight excluding hydrogens is 336 g/mol. The van der Waals surface area contributed by atoms with Crippen LogP contribution in [0.15, 0.2) is 34.8 Å². The number of halogens is 4. The van der Waals surface area contributed by atoms with E-state index in [1.54, 1.807) is 18.2 Å². The van der Waals surface area contributed by atoms with Crippen LogP contribution >= 0.6 is 27.5 Å². The minimum atomic E-state index is -0.452. The van der Waals surface area contributed by atoms with Crippen LogP contribution < -0.4 is 5.32 Å². The zero-order chi connectivity index (χ0) is 14.0. The molecule has 100 valence electrons. The van der Waals surface area contributed by atoms with E-state index in [4.69, 9.17) is 11.6 Å². The maximum atomic E-state index is 13.7. The first-order valence-corrected chi connectivity index (χ1v) is 6.78. The molecule has 0 radical (unpaired) electrons. The Morgan fingerprint density at radius 3 is 2.74 bits per heavy atom. The average molecular weight is 347 g/mol. The fourth-order valence-corrected chi connectivity index (χ4v) is 2.36. The van der Waals surface area contributed by atoms with Gasteiger partial charge in [-0.3, -0.25) is 0 Å². The van der Waals surface area contributed by atoms with Crippen molar-refractivity contribution in [3.05, 3.63) is 62.6 Å².